The van der Waals surface area contributed by atoms with Crippen LogP contribution in [0.15, 0.2) is 152 Å². The molecule has 0 saturated carbocycles. The maximum absolute atomic E-state index is 7.15. The number of hydrogen-bond donors (Lipinski definition) is 0. The number of hydrogen-bond acceptors (Lipinski definition) is 2. The molecule has 0 spiro atoms. The molecular formula is C34H28O2Zr. The second-order valence-corrected chi connectivity index (χ2v) is 16.4. The first-order valence-corrected chi connectivity index (χ1v) is 17.2. The van der Waals surface area contributed by atoms with E-state index in [1.807, 2.05) is 12.1 Å². The van der Waals surface area contributed by atoms with Gasteiger partial charge in [-0.1, -0.05) is 0 Å². The summed E-state index contributed by atoms with van der Waals surface area (Å²) in [6.45, 7) is 0. The van der Waals surface area contributed by atoms with Crippen LogP contribution in [0.25, 0.3) is 22.3 Å². The molecule has 2 aliphatic carbocycles. The molecule has 0 bridgehead atoms. The Kier molecular flexibility index (Phi) is 6.89. The van der Waals surface area contributed by atoms with Gasteiger partial charge in [0.05, 0.1) is 0 Å². The summed E-state index contributed by atoms with van der Waals surface area (Å²) in [6, 6.07) is 37.7. The van der Waals surface area contributed by atoms with Crippen LogP contribution in [0.2, 0.25) is 0 Å². The van der Waals surface area contributed by atoms with Crippen LogP contribution in [-0.4, -0.2) is 0 Å². The van der Waals surface area contributed by atoms with Crippen LogP contribution < -0.4 is 5.63 Å². The quantitative estimate of drug-likeness (QED) is 0.214. The number of allylic oxidation sites excluding steroid dienone is 8. The van der Waals surface area contributed by atoms with Gasteiger partial charge in [-0.15, -0.1) is 0 Å². The van der Waals surface area contributed by atoms with Gasteiger partial charge in [-0.3, -0.25) is 0 Å². The molecule has 0 unspecified atom stereocenters. The zero-order valence-electron chi connectivity index (χ0n) is 20.6. The van der Waals surface area contributed by atoms with E-state index < -0.39 is 21.1 Å². The predicted octanol–water partition coefficient (Wildman–Crippen LogP) is 9.15. The van der Waals surface area contributed by atoms with Crippen LogP contribution in [0, 0.1) is 0 Å². The van der Waals surface area contributed by atoms with Gasteiger partial charge >= 0.3 is 226 Å². The number of rotatable bonds is 8. The van der Waals surface area contributed by atoms with Crippen molar-refractivity contribution in [2.45, 2.75) is 12.8 Å². The molecule has 6 rings (SSSR count). The van der Waals surface area contributed by atoms with E-state index in [4.69, 9.17) is 5.63 Å². The van der Waals surface area contributed by atoms with E-state index in [2.05, 4.69) is 134 Å². The summed E-state index contributed by atoms with van der Waals surface area (Å²) in [6.07, 6.45) is 14.9. The van der Waals surface area contributed by atoms with Crippen molar-refractivity contribution in [1.29, 1.82) is 0 Å². The molecule has 0 radical (unpaired) electrons. The summed E-state index contributed by atoms with van der Waals surface area (Å²) >= 11 is -4.09. The summed E-state index contributed by atoms with van der Waals surface area (Å²) in [7, 11) is 0. The van der Waals surface area contributed by atoms with E-state index in [9.17, 15) is 0 Å². The molecule has 0 heterocycles. The van der Waals surface area contributed by atoms with Gasteiger partial charge in [-0.2, -0.15) is 0 Å². The fourth-order valence-electron chi connectivity index (χ4n) is 4.94. The Hall–Kier alpha value is -3.68. The third-order valence-corrected chi connectivity index (χ3v) is 15.3. The average Bonchev–Trinajstić information content (AvgIpc) is 3.70. The zero-order chi connectivity index (χ0) is 24.9. The predicted molar refractivity (Wildman–Crippen MR) is 149 cm³/mol. The van der Waals surface area contributed by atoms with E-state index >= 15 is 0 Å². The van der Waals surface area contributed by atoms with Crippen LogP contribution >= 0.6 is 0 Å². The molecule has 0 amide bonds. The molecule has 0 atom stereocenters. The Bertz CT molecular complexity index is 1400. The number of benzene rings is 4. The van der Waals surface area contributed by atoms with E-state index in [0.717, 1.165) is 35.5 Å². The summed E-state index contributed by atoms with van der Waals surface area (Å²) in [5.41, 5.74) is 4.63. The zero-order valence-corrected chi connectivity index (χ0v) is 23.0. The average molecular weight is 560 g/mol. The molecule has 4 aromatic rings. The first kappa shape index (κ1) is 23.7. The summed E-state index contributed by atoms with van der Waals surface area (Å²) < 4.78 is 16.9. The molecule has 0 aliphatic heterocycles. The second-order valence-electron chi connectivity index (χ2n) is 9.26. The van der Waals surface area contributed by atoms with E-state index in [1.165, 1.54) is 17.7 Å². The molecule has 37 heavy (non-hydrogen) atoms. The van der Waals surface area contributed by atoms with Crippen LogP contribution in [0.1, 0.15) is 12.8 Å². The Morgan fingerprint density at radius 2 is 0.892 bits per heavy atom. The topological polar surface area (TPSA) is 18.5 Å². The molecule has 180 valence electrons. The fraction of sp³-hybridized carbons (Fsp3) is 0.0588. The van der Waals surface area contributed by atoms with Gasteiger partial charge in [0.1, 0.15) is 0 Å². The van der Waals surface area contributed by atoms with E-state index in [-0.39, 0.29) is 0 Å². The van der Waals surface area contributed by atoms with Crippen molar-refractivity contribution in [3.05, 3.63) is 152 Å². The van der Waals surface area contributed by atoms with Crippen LogP contribution in [0.4, 0.5) is 0 Å². The Morgan fingerprint density at radius 1 is 0.459 bits per heavy atom. The van der Waals surface area contributed by atoms with Crippen molar-refractivity contribution in [3.8, 4) is 33.8 Å². The van der Waals surface area contributed by atoms with Crippen molar-refractivity contribution in [1.82, 2.24) is 0 Å². The van der Waals surface area contributed by atoms with Gasteiger partial charge in [0.2, 0.25) is 0 Å². The molecule has 3 heteroatoms. The van der Waals surface area contributed by atoms with Crippen molar-refractivity contribution in [3.63, 3.8) is 0 Å². The van der Waals surface area contributed by atoms with Gasteiger partial charge in [0, 0.05) is 0 Å². The molecule has 0 aromatic heterocycles. The van der Waals surface area contributed by atoms with Gasteiger partial charge in [-0.25, -0.2) is 0 Å². The first-order chi connectivity index (χ1) is 18.3. The first-order valence-electron chi connectivity index (χ1n) is 12.7. The van der Waals surface area contributed by atoms with Gasteiger partial charge in [0.25, 0.3) is 0 Å². The molecular weight excluding hydrogens is 532 g/mol. The standard InChI is InChI=1S/2C12H10O.2C5H5.Zr/c2*13-12-8-4-7-11(9-12)10-5-2-1-3-6-10;2*1-2-4-5-3-1;/h2*1-9,13H;2*1-3H,4H2;/q;;;;+2/p-2. The van der Waals surface area contributed by atoms with Crippen molar-refractivity contribution in [2.24, 2.45) is 0 Å². The monoisotopic (exact) mass is 558 g/mol. The van der Waals surface area contributed by atoms with Crippen molar-refractivity contribution >= 4 is 0 Å². The van der Waals surface area contributed by atoms with Gasteiger partial charge in [0.15, 0.2) is 0 Å². The molecule has 0 saturated heterocycles. The van der Waals surface area contributed by atoms with E-state index in [1.54, 1.807) is 0 Å². The van der Waals surface area contributed by atoms with Gasteiger partial charge < -0.3 is 0 Å². The third kappa shape index (κ3) is 5.10. The minimum absolute atomic E-state index is 0.858. The maximum atomic E-state index is 7.15. The molecule has 2 nitrogen and oxygen atoms in total. The molecule has 0 N–H and O–H groups in total. The van der Waals surface area contributed by atoms with Crippen molar-refractivity contribution in [2.75, 3.05) is 0 Å². The molecule has 4 aromatic carbocycles. The SMILES string of the molecule is C1=CC[C]([Zr]([O]c2cccc(-c3ccccc3)c2)([O]c2cccc(-c3ccccc3)c2)[C]2=CC=CC2)=C1. The summed E-state index contributed by atoms with van der Waals surface area (Å²) in [4.78, 5) is 0. The second kappa shape index (κ2) is 10.7. The Morgan fingerprint density at radius 3 is 1.30 bits per heavy atom. The van der Waals surface area contributed by atoms with Crippen LogP contribution in [0.5, 0.6) is 11.5 Å². The third-order valence-electron chi connectivity index (χ3n) is 6.79. The molecule has 0 fully saturated rings. The Balaban J connectivity index is 1.42. The minimum atomic E-state index is -4.09. The summed E-state index contributed by atoms with van der Waals surface area (Å²) in [5.74, 6) is 1.72. The van der Waals surface area contributed by atoms with Crippen LogP contribution in [-0.2, 0) is 21.1 Å². The normalized spacial score (nSPS) is 14.4. The van der Waals surface area contributed by atoms with Crippen molar-refractivity contribution < 1.29 is 26.8 Å². The van der Waals surface area contributed by atoms with E-state index in [0.29, 0.717) is 0 Å². The van der Waals surface area contributed by atoms with Gasteiger partial charge in [-0.05, 0) is 0 Å². The Labute approximate surface area is 224 Å². The van der Waals surface area contributed by atoms with Crippen LogP contribution in [0.3, 0.4) is 0 Å². The summed E-state index contributed by atoms with van der Waals surface area (Å²) in [5, 5.41) is 0. The molecule has 2 aliphatic rings. The fourth-order valence-corrected chi connectivity index (χ4v) is 13.1.